The average molecular weight is 846 g/mol. The number of carbonyl (C=O) groups excluding carboxylic acids is 3. The van der Waals surface area contributed by atoms with Gasteiger partial charge in [0.15, 0.2) is 0 Å². The lowest BCUT2D eigenvalue weighted by atomic mass is 9.91. The summed E-state index contributed by atoms with van der Waals surface area (Å²) >= 11 is 12.1. The van der Waals surface area contributed by atoms with E-state index in [0.29, 0.717) is 68.9 Å². The van der Waals surface area contributed by atoms with Gasteiger partial charge in [-0.25, -0.2) is 4.79 Å². The molecule has 0 saturated carbocycles. The van der Waals surface area contributed by atoms with Crippen LogP contribution in [0.4, 0.5) is 5.69 Å². The Labute approximate surface area is 355 Å². The molecule has 3 aliphatic heterocycles. The smallest absolute Gasteiger partial charge is 0.326 e. The van der Waals surface area contributed by atoms with Gasteiger partial charge >= 0.3 is 5.97 Å². The largest absolute Gasteiger partial charge is 0.489 e. The number of carboxylic acids is 1. The minimum absolute atomic E-state index is 0.00421. The molecule has 1 fully saturated rings. The topological polar surface area (TPSA) is 167 Å². The van der Waals surface area contributed by atoms with Crippen molar-refractivity contribution in [1.82, 2.24) is 10.2 Å². The second-order valence-corrected chi connectivity index (χ2v) is 15.7. The Morgan fingerprint density at radius 1 is 0.917 bits per heavy atom. The van der Waals surface area contributed by atoms with Gasteiger partial charge in [0.25, 0.3) is 11.8 Å². The van der Waals surface area contributed by atoms with Crippen LogP contribution in [0, 0.1) is 11.3 Å². The van der Waals surface area contributed by atoms with E-state index in [1.54, 1.807) is 72.8 Å². The average Bonchev–Trinajstić information content (AvgIpc) is 3.81. The van der Waals surface area contributed by atoms with Crippen molar-refractivity contribution >= 4 is 52.6 Å². The molecule has 5 aromatic carbocycles. The molecular weight excluding hydrogens is 807 g/mol. The van der Waals surface area contributed by atoms with E-state index in [-0.39, 0.29) is 37.8 Å². The maximum Gasteiger partial charge on any atom is 0.326 e. The van der Waals surface area contributed by atoms with Crippen LogP contribution in [-0.4, -0.2) is 58.5 Å². The first kappa shape index (κ1) is 40.4. The summed E-state index contributed by atoms with van der Waals surface area (Å²) in [5.74, 6) is -1.59. The zero-order valence-electron chi connectivity index (χ0n) is 32.0. The van der Waals surface area contributed by atoms with Crippen LogP contribution < -0.4 is 20.1 Å². The molecule has 1 saturated heterocycles. The number of anilines is 1. The predicted octanol–water partition coefficient (Wildman–Crippen LogP) is 7.43. The van der Waals surface area contributed by atoms with Gasteiger partial charge in [0.2, 0.25) is 12.0 Å². The summed E-state index contributed by atoms with van der Waals surface area (Å²) in [6.07, 6.45) is -0.402. The lowest BCUT2D eigenvalue weighted by molar-refractivity contribution is -0.150. The number of nitrogens with zero attached hydrogens (tertiary/aromatic N) is 2. The van der Waals surface area contributed by atoms with Crippen molar-refractivity contribution in [2.45, 2.75) is 63.1 Å². The van der Waals surface area contributed by atoms with Gasteiger partial charge in [0.05, 0.1) is 27.4 Å². The van der Waals surface area contributed by atoms with E-state index in [1.807, 2.05) is 30.3 Å². The number of ether oxygens (including phenoxy) is 3. The fourth-order valence-electron chi connectivity index (χ4n) is 7.64. The quantitative estimate of drug-likeness (QED) is 0.123. The highest BCUT2D eigenvalue weighted by molar-refractivity contribution is 6.42. The van der Waals surface area contributed by atoms with E-state index in [4.69, 9.17) is 42.7 Å². The molecule has 12 nitrogen and oxygen atoms in total. The van der Waals surface area contributed by atoms with Gasteiger partial charge in [0.1, 0.15) is 36.3 Å². The van der Waals surface area contributed by atoms with Gasteiger partial charge in [-0.1, -0.05) is 77.8 Å². The lowest BCUT2D eigenvalue weighted by Crippen LogP contribution is -2.57. The maximum absolute atomic E-state index is 14.1. The van der Waals surface area contributed by atoms with Crippen molar-refractivity contribution in [2.75, 3.05) is 11.9 Å². The Kier molecular flexibility index (Phi) is 11.7. The molecule has 0 spiro atoms. The molecule has 60 heavy (non-hydrogen) atoms. The summed E-state index contributed by atoms with van der Waals surface area (Å²) in [4.78, 5) is 55.4. The molecule has 0 bridgehead atoms. The summed E-state index contributed by atoms with van der Waals surface area (Å²) in [6, 6.07) is 30.0. The number of carboxylic acid groups (broad SMARTS) is 1. The Hall–Kier alpha value is -6.39. The molecule has 0 aliphatic carbocycles. The maximum atomic E-state index is 14.1. The lowest BCUT2D eigenvalue weighted by Gasteiger charge is -2.38. The molecule has 1 unspecified atom stereocenters. The predicted molar refractivity (Wildman–Crippen MR) is 223 cm³/mol. The number of aliphatic carboxylic acids is 1. The Bertz CT molecular complexity index is 2500. The standard InChI is InChI=1S/C46H38Cl2N4O8/c47-35-16-7-28(18-36(35)48)25-59-34-14-12-31(13-15-34)42-44(54)50-37-20-32-21-39(52(24-33(32)22-41(37)60-42)45(55)40-2-1-17-58-40)43(53)51-38(46(56)57)19-26-3-8-29(9-4-26)30-10-5-27(23-49)6-11-30/h3-16,18,20,22,38-40,42H,1-2,17,19,21,24-25H2,(H,50,54)(H,51,53)(H,56,57)/t38-,39?,40+,42-/m0/s1. The van der Waals surface area contributed by atoms with Crippen LogP contribution in [0.2, 0.25) is 10.0 Å². The van der Waals surface area contributed by atoms with E-state index >= 15 is 0 Å². The first-order valence-electron chi connectivity index (χ1n) is 19.4. The van der Waals surface area contributed by atoms with Crippen LogP contribution in [0.15, 0.2) is 103 Å². The van der Waals surface area contributed by atoms with Gasteiger partial charge in [0, 0.05) is 31.6 Å². The molecule has 3 heterocycles. The summed E-state index contributed by atoms with van der Waals surface area (Å²) in [6.45, 7) is 0.734. The molecule has 3 amide bonds. The number of amides is 3. The highest BCUT2D eigenvalue weighted by atomic mass is 35.5. The van der Waals surface area contributed by atoms with Crippen LogP contribution >= 0.6 is 23.2 Å². The Balaban J connectivity index is 0.974. The number of hydrogen-bond donors (Lipinski definition) is 3. The number of rotatable bonds is 11. The molecule has 3 aliphatic rings. The van der Waals surface area contributed by atoms with Crippen molar-refractivity contribution in [2.24, 2.45) is 0 Å². The first-order chi connectivity index (χ1) is 29.0. The molecule has 3 N–H and O–H groups in total. The normalized spacial score (nSPS) is 18.5. The molecular formula is C46H38Cl2N4O8. The fraction of sp³-hybridized carbons (Fsp3) is 0.239. The zero-order chi connectivity index (χ0) is 41.9. The molecule has 14 heteroatoms. The number of hydrogen-bond acceptors (Lipinski definition) is 8. The molecule has 8 rings (SSSR count). The molecule has 0 radical (unpaired) electrons. The van der Waals surface area contributed by atoms with Crippen LogP contribution in [0.25, 0.3) is 11.1 Å². The van der Waals surface area contributed by atoms with E-state index in [1.165, 1.54) is 4.90 Å². The van der Waals surface area contributed by atoms with Gasteiger partial charge in [-0.2, -0.15) is 5.26 Å². The number of nitrogens with one attached hydrogen (secondary N) is 2. The number of halogens is 2. The third kappa shape index (κ3) is 8.79. The van der Waals surface area contributed by atoms with Gasteiger partial charge in [-0.15, -0.1) is 0 Å². The fourth-order valence-corrected chi connectivity index (χ4v) is 7.96. The van der Waals surface area contributed by atoms with Crippen molar-refractivity contribution in [3.8, 4) is 28.7 Å². The van der Waals surface area contributed by atoms with Crippen LogP contribution in [-0.2, 0) is 49.9 Å². The number of benzene rings is 5. The summed E-state index contributed by atoms with van der Waals surface area (Å²) in [5, 5.41) is 25.8. The molecule has 5 aromatic rings. The van der Waals surface area contributed by atoms with E-state index in [9.17, 15) is 24.3 Å². The first-order valence-corrected chi connectivity index (χ1v) is 20.1. The van der Waals surface area contributed by atoms with E-state index < -0.39 is 36.2 Å². The second kappa shape index (κ2) is 17.5. The summed E-state index contributed by atoms with van der Waals surface area (Å²) in [7, 11) is 0. The highest BCUT2D eigenvalue weighted by Crippen LogP contribution is 2.40. The van der Waals surface area contributed by atoms with Gasteiger partial charge in [-0.05, 0) is 94.8 Å². The van der Waals surface area contributed by atoms with Crippen molar-refractivity contribution in [3.63, 3.8) is 0 Å². The molecule has 0 aromatic heterocycles. The number of carbonyl (C=O) groups is 4. The van der Waals surface area contributed by atoms with Crippen LogP contribution in [0.5, 0.6) is 11.5 Å². The SMILES string of the molecule is N#Cc1ccc(-c2ccc(C[C@H](NC(=O)C3Cc4cc5c(cc4CN3C(=O)[C@H]3CCCO3)O[C@@H](c3ccc(OCc4ccc(Cl)c(Cl)c4)cc3)C(=O)N5)C(=O)O)cc2)cc1. The Morgan fingerprint density at radius 3 is 2.30 bits per heavy atom. The summed E-state index contributed by atoms with van der Waals surface area (Å²) in [5.41, 5.74) is 6.32. The monoisotopic (exact) mass is 844 g/mol. The molecule has 4 atom stereocenters. The van der Waals surface area contributed by atoms with Crippen molar-refractivity contribution in [3.05, 3.63) is 147 Å². The van der Waals surface area contributed by atoms with Gasteiger partial charge in [-0.3, -0.25) is 14.4 Å². The van der Waals surface area contributed by atoms with Crippen LogP contribution in [0.1, 0.15) is 52.3 Å². The zero-order valence-corrected chi connectivity index (χ0v) is 33.5. The second-order valence-electron chi connectivity index (χ2n) is 14.9. The minimum atomic E-state index is -1.28. The van der Waals surface area contributed by atoms with Crippen molar-refractivity contribution < 1.29 is 38.5 Å². The van der Waals surface area contributed by atoms with E-state index in [0.717, 1.165) is 22.3 Å². The van der Waals surface area contributed by atoms with Gasteiger partial charge < -0.3 is 34.9 Å². The number of fused-ring (bicyclic) bond motifs is 2. The minimum Gasteiger partial charge on any atom is -0.489 e. The van der Waals surface area contributed by atoms with Crippen molar-refractivity contribution in [1.29, 1.82) is 5.26 Å². The highest BCUT2D eigenvalue weighted by Gasteiger charge is 2.41. The Morgan fingerprint density at radius 2 is 1.63 bits per heavy atom. The summed E-state index contributed by atoms with van der Waals surface area (Å²) < 4.78 is 17.9. The third-order valence-electron chi connectivity index (χ3n) is 10.9. The molecule has 304 valence electrons. The van der Waals surface area contributed by atoms with E-state index in [2.05, 4.69) is 16.7 Å². The number of nitriles is 1. The third-order valence-corrected chi connectivity index (χ3v) is 11.6. The van der Waals surface area contributed by atoms with Crippen LogP contribution in [0.3, 0.4) is 0 Å².